The molecule has 7 heteroatoms. The van der Waals surface area contributed by atoms with Gasteiger partial charge in [-0.15, -0.1) is 0 Å². The van der Waals surface area contributed by atoms with Crippen LogP contribution < -0.4 is 10.1 Å². The van der Waals surface area contributed by atoms with Crippen molar-refractivity contribution in [1.82, 2.24) is 15.3 Å². The van der Waals surface area contributed by atoms with E-state index in [4.69, 9.17) is 9.15 Å². The van der Waals surface area contributed by atoms with Crippen molar-refractivity contribution in [3.8, 4) is 5.75 Å². The Bertz CT molecular complexity index is 1130. The Morgan fingerprint density at radius 3 is 2.90 bits per heavy atom. The van der Waals surface area contributed by atoms with Gasteiger partial charge < -0.3 is 19.5 Å². The number of ether oxygens (including phenoxy) is 1. The highest BCUT2D eigenvalue weighted by atomic mass is 32.2. The molecule has 4 aromatic rings. The van der Waals surface area contributed by atoms with Crippen molar-refractivity contribution < 1.29 is 13.9 Å². The van der Waals surface area contributed by atoms with E-state index in [0.717, 1.165) is 45.7 Å². The van der Waals surface area contributed by atoms with Gasteiger partial charge in [-0.05, 0) is 55.7 Å². The summed E-state index contributed by atoms with van der Waals surface area (Å²) < 4.78 is 11.1. The van der Waals surface area contributed by atoms with Gasteiger partial charge in [-0.1, -0.05) is 12.1 Å². The van der Waals surface area contributed by atoms with Crippen molar-refractivity contribution >= 4 is 39.7 Å². The second-order valence-corrected chi connectivity index (χ2v) is 7.85. The maximum absolute atomic E-state index is 13.1. The molecule has 0 aliphatic rings. The number of furan rings is 1. The Hall–Kier alpha value is -2.93. The standard InChI is InChI=1S/C22H23N3O3S/c1-13-15-12-14(27-2)8-9-19(15)28-20(13)22(26)25-18(10-11-29-3)21-23-16-6-4-5-7-17(16)24-21/h4-9,12,18H,10-11H2,1-3H3,(H,23,24)(H,25,26)/t18-/m0/s1. The molecule has 6 nitrogen and oxygen atoms in total. The summed E-state index contributed by atoms with van der Waals surface area (Å²) in [5.74, 6) is 2.46. The first-order valence-electron chi connectivity index (χ1n) is 9.42. The molecule has 0 aliphatic carbocycles. The summed E-state index contributed by atoms with van der Waals surface area (Å²) in [6, 6.07) is 13.2. The number of thioether (sulfide) groups is 1. The molecule has 0 radical (unpaired) electrons. The minimum atomic E-state index is -0.246. The fraction of sp³-hybridized carbons (Fsp3) is 0.273. The Morgan fingerprint density at radius 1 is 1.31 bits per heavy atom. The molecule has 2 aromatic carbocycles. The quantitative estimate of drug-likeness (QED) is 0.456. The highest BCUT2D eigenvalue weighted by Crippen LogP contribution is 2.29. The number of imidazole rings is 1. The molecule has 1 amide bonds. The van der Waals surface area contributed by atoms with Crippen LogP contribution in [-0.4, -0.2) is 35.0 Å². The van der Waals surface area contributed by atoms with Gasteiger partial charge in [0.1, 0.15) is 17.2 Å². The molecule has 4 rings (SSSR count). The van der Waals surface area contributed by atoms with Gasteiger partial charge in [-0.25, -0.2) is 4.98 Å². The lowest BCUT2D eigenvalue weighted by molar-refractivity contribution is 0.0907. The number of nitrogens with one attached hydrogen (secondary N) is 2. The second kappa shape index (κ2) is 8.21. The predicted molar refractivity (Wildman–Crippen MR) is 117 cm³/mol. The van der Waals surface area contributed by atoms with E-state index in [-0.39, 0.29) is 11.9 Å². The number of para-hydroxylation sites is 2. The smallest absolute Gasteiger partial charge is 0.287 e. The van der Waals surface area contributed by atoms with Crippen LogP contribution in [0.3, 0.4) is 0 Å². The van der Waals surface area contributed by atoms with Crippen LogP contribution in [0.2, 0.25) is 0 Å². The van der Waals surface area contributed by atoms with Gasteiger partial charge >= 0.3 is 0 Å². The number of benzene rings is 2. The zero-order valence-electron chi connectivity index (χ0n) is 16.6. The number of aromatic nitrogens is 2. The molecule has 0 aliphatic heterocycles. The number of rotatable bonds is 7. The number of amides is 1. The lowest BCUT2D eigenvalue weighted by Gasteiger charge is -2.15. The zero-order valence-corrected chi connectivity index (χ0v) is 17.4. The third-order valence-electron chi connectivity index (χ3n) is 5.00. The van der Waals surface area contributed by atoms with Crippen LogP contribution in [-0.2, 0) is 0 Å². The van der Waals surface area contributed by atoms with Crippen LogP contribution in [0.25, 0.3) is 22.0 Å². The molecule has 150 valence electrons. The topological polar surface area (TPSA) is 80.2 Å². The van der Waals surface area contributed by atoms with E-state index in [1.54, 1.807) is 18.9 Å². The van der Waals surface area contributed by atoms with Gasteiger partial charge in [-0.3, -0.25) is 4.79 Å². The molecule has 0 saturated carbocycles. The SMILES string of the molecule is COc1ccc2oc(C(=O)N[C@@H](CCSC)c3nc4ccccc4[nH]3)c(C)c2c1. The summed E-state index contributed by atoms with van der Waals surface area (Å²) in [5.41, 5.74) is 3.30. The van der Waals surface area contributed by atoms with Crippen molar-refractivity contribution in [1.29, 1.82) is 0 Å². The maximum Gasteiger partial charge on any atom is 0.287 e. The third kappa shape index (κ3) is 3.82. The van der Waals surface area contributed by atoms with E-state index < -0.39 is 0 Å². The number of fused-ring (bicyclic) bond motifs is 2. The summed E-state index contributed by atoms with van der Waals surface area (Å²) in [6.45, 7) is 1.89. The highest BCUT2D eigenvalue weighted by Gasteiger charge is 2.23. The molecule has 29 heavy (non-hydrogen) atoms. The van der Waals surface area contributed by atoms with Crippen molar-refractivity contribution in [3.05, 3.63) is 59.6 Å². The van der Waals surface area contributed by atoms with Gasteiger partial charge in [-0.2, -0.15) is 11.8 Å². The highest BCUT2D eigenvalue weighted by molar-refractivity contribution is 7.98. The van der Waals surface area contributed by atoms with E-state index in [9.17, 15) is 4.79 Å². The predicted octanol–water partition coefficient (Wildman–Crippen LogP) is 4.85. The first kappa shape index (κ1) is 19.4. The molecule has 0 saturated heterocycles. The third-order valence-corrected chi connectivity index (χ3v) is 5.65. The molecule has 0 fully saturated rings. The van der Waals surface area contributed by atoms with Crippen molar-refractivity contribution in [3.63, 3.8) is 0 Å². The summed E-state index contributed by atoms with van der Waals surface area (Å²) in [4.78, 5) is 21.1. The summed E-state index contributed by atoms with van der Waals surface area (Å²) in [6.07, 6.45) is 2.81. The maximum atomic E-state index is 13.1. The van der Waals surface area contributed by atoms with Crippen LogP contribution in [0, 0.1) is 6.92 Å². The van der Waals surface area contributed by atoms with Crippen LogP contribution in [0.15, 0.2) is 46.9 Å². The van der Waals surface area contributed by atoms with E-state index in [0.29, 0.717) is 11.3 Å². The number of aromatic amines is 1. The van der Waals surface area contributed by atoms with Crippen LogP contribution in [0.4, 0.5) is 0 Å². The second-order valence-electron chi connectivity index (χ2n) is 6.86. The van der Waals surface area contributed by atoms with Crippen molar-refractivity contribution in [2.75, 3.05) is 19.1 Å². The van der Waals surface area contributed by atoms with E-state index in [1.165, 1.54) is 0 Å². The van der Waals surface area contributed by atoms with Gasteiger partial charge in [0.15, 0.2) is 5.76 Å². The van der Waals surface area contributed by atoms with Gasteiger partial charge in [0.25, 0.3) is 5.91 Å². The van der Waals surface area contributed by atoms with E-state index in [1.807, 2.05) is 55.6 Å². The molecule has 0 bridgehead atoms. The van der Waals surface area contributed by atoms with Crippen LogP contribution in [0.1, 0.15) is 34.4 Å². The first-order valence-corrected chi connectivity index (χ1v) is 10.8. The molecular formula is C22H23N3O3S. The minimum absolute atomic E-state index is 0.232. The number of nitrogens with zero attached hydrogens (tertiary/aromatic N) is 1. The van der Waals surface area contributed by atoms with Gasteiger partial charge in [0.2, 0.25) is 0 Å². The largest absolute Gasteiger partial charge is 0.497 e. The van der Waals surface area contributed by atoms with E-state index >= 15 is 0 Å². The Kier molecular flexibility index (Phi) is 5.49. The fourth-order valence-corrected chi connectivity index (χ4v) is 3.89. The molecular weight excluding hydrogens is 386 g/mol. The van der Waals surface area contributed by atoms with Crippen molar-refractivity contribution in [2.24, 2.45) is 0 Å². The Morgan fingerprint density at radius 2 is 2.14 bits per heavy atom. The average molecular weight is 410 g/mol. The van der Waals surface area contributed by atoms with Crippen LogP contribution >= 0.6 is 11.8 Å². The lowest BCUT2D eigenvalue weighted by Crippen LogP contribution is -2.30. The van der Waals surface area contributed by atoms with Gasteiger partial charge in [0, 0.05) is 10.9 Å². The normalized spacial score (nSPS) is 12.4. The van der Waals surface area contributed by atoms with Crippen LogP contribution in [0.5, 0.6) is 5.75 Å². The summed E-state index contributed by atoms with van der Waals surface area (Å²) in [5, 5.41) is 3.98. The van der Waals surface area contributed by atoms with E-state index in [2.05, 4.69) is 15.3 Å². The number of carbonyl (C=O) groups is 1. The average Bonchev–Trinajstić information content (AvgIpc) is 3.32. The zero-order chi connectivity index (χ0) is 20.4. The molecule has 2 heterocycles. The monoisotopic (exact) mass is 409 g/mol. The lowest BCUT2D eigenvalue weighted by atomic mass is 10.1. The number of hydrogen-bond donors (Lipinski definition) is 2. The molecule has 0 spiro atoms. The molecule has 0 unspecified atom stereocenters. The number of aryl methyl sites for hydroxylation is 1. The Labute approximate surface area is 173 Å². The summed E-state index contributed by atoms with van der Waals surface area (Å²) in [7, 11) is 1.62. The molecule has 2 N–H and O–H groups in total. The minimum Gasteiger partial charge on any atom is -0.497 e. The van der Waals surface area contributed by atoms with Gasteiger partial charge in [0.05, 0.1) is 24.2 Å². The molecule has 2 aromatic heterocycles. The number of methoxy groups -OCH3 is 1. The number of hydrogen-bond acceptors (Lipinski definition) is 5. The number of H-pyrrole nitrogens is 1. The molecule has 1 atom stereocenters. The van der Waals surface area contributed by atoms with Crippen molar-refractivity contribution in [2.45, 2.75) is 19.4 Å². The first-order chi connectivity index (χ1) is 14.1. The fourth-order valence-electron chi connectivity index (χ4n) is 3.42. The summed E-state index contributed by atoms with van der Waals surface area (Å²) >= 11 is 1.74. The Balaban J connectivity index is 1.64. The number of carbonyl (C=O) groups excluding carboxylic acids is 1.